The molecule has 2 unspecified atom stereocenters. The van der Waals surface area contributed by atoms with E-state index in [1.807, 2.05) is 0 Å². The topological polar surface area (TPSA) is 66.3 Å². The molecule has 27 heavy (non-hydrogen) atoms. The van der Waals surface area contributed by atoms with Crippen molar-refractivity contribution in [1.29, 1.82) is 0 Å². The molecule has 0 amide bonds. The van der Waals surface area contributed by atoms with E-state index in [2.05, 4.69) is 31.0 Å². The van der Waals surface area contributed by atoms with Crippen LogP contribution in [-0.2, 0) is 9.47 Å². The van der Waals surface area contributed by atoms with Gasteiger partial charge < -0.3 is 24.8 Å². The van der Waals surface area contributed by atoms with Crippen LogP contribution in [0.15, 0.2) is 4.99 Å². The summed E-state index contributed by atoms with van der Waals surface area (Å²) in [5.74, 6) is 2.11. The van der Waals surface area contributed by atoms with Crippen LogP contribution in [0.4, 0.5) is 0 Å². The second kappa shape index (κ2) is 12.6. The van der Waals surface area contributed by atoms with Crippen LogP contribution >= 0.6 is 0 Å². The number of likely N-dealkylation sites (tertiary alicyclic amines) is 1. The summed E-state index contributed by atoms with van der Waals surface area (Å²) in [6, 6.07) is 0. The summed E-state index contributed by atoms with van der Waals surface area (Å²) in [5, 5.41) is 12.8. The van der Waals surface area contributed by atoms with Crippen molar-refractivity contribution < 1.29 is 14.6 Å². The second-order valence-corrected chi connectivity index (χ2v) is 8.36. The molecule has 0 bridgehead atoms. The molecule has 2 aliphatic heterocycles. The van der Waals surface area contributed by atoms with Crippen LogP contribution < -0.4 is 5.32 Å². The van der Waals surface area contributed by atoms with Crippen LogP contribution in [0.5, 0.6) is 0 Å². The molecule has 0 aliphatic carbocycles. The number of ether oxygens (including phenoxy) is 2. The first kappa shape index (κ1) is 22.4. The molecule has 2 rings (SSSR count). The lowest BCUT2D eigenvalue weighted by molar-refractivity contribution is -0.0367. The van der Waals surface area contributed by atoms with Gasteiger partial charge in [0.1, 0.15) is 0 Å². The van der Waals surface area contributed by atoms with Crippen LogP contribution in [0.2, 0.25) is 0 Å². The Labute approximate surface area is 165 Å². The fourth-order valence-corrected chi connectivity index (χ4v) is 4.03. The standard InChI is InChI=1S/C21H41N3O3/c1-4-22-21(23-15-18(9-12-25)14-17(2)3)24-10-7-19(8-11-24)27-16-20-6-5-13-26-20/h17-20,25H,4-16H2,1-3H3,(H,22,23). The average molecular weight is 384 g/mol. The summed E-state index contributed by atoms with van der Waals surface area (Å²) in [4.78, 5) is 7.26. The van der Waals surface area contributed by atoms with Gasteiger partial charge in [-0.25, -0.2) is 0 Å². The maximum absolute atomic E-state index is 9.33. The number of hydrogen-bond donors (Lipinski definition) is 2. The van der Waals surface area contributed by atoms with E-state index in [0.29, 0.717) is 24.0 Å². The number of aliphatic hydroxyl groups excluding tert-OH is 1. The lowest BCUT2D eigenvalue weighted by atomic mass is 9.94. The van der Waals surface area contributed by atoms with Gasteiger partial charge in [-0.1, -0.05) is 13.8 Å². The zero-order chi connectivity index (χ0) is 19.5. The molecule has 158 valence electrons. The Hall–Kier alpha value is -0.850. The van der Waals surface area contributed by atoms with Crippen molar-refractivity contribution in [1.82, 2.24) is 10.2 Å². The first-order valence-corrected chi connectivity index (χ1v) is 11.0. The molecule has 0 aromatic carbocycles. The molecule has 0 saturated carbocycles. The van der Waals surface area contributed by atoms with E-state index in [1.165, 1.54) is 6.42 Å². The molecule has 0 aromatic rings. The van der Waals surface area contributed by atoms with Crippen molar-refractivity contribution in [2.24, 2.45) is 16.8 Å². The summed E-state index contributed by atoms with van der Waals surface area (Å²) < 4.78 is 11.7. The van der Waals surface area contributed by atoms with Gasteiger partial charge in [-0.05, 0) is 57.3 Å². The third-order valence-electron chi connectivity index (χ3n) is 5.46. The molecule has 2 aliphatic rings. The highest BCUT2D eigenvalue weighted by Crippen LogP contribution is 2.19. The average Bonchev–Trinajstić information content (AvgIpc) is 3.17. The number of aliphatic hydroxyl groups is 1. The van der Waals surface area contributed by atoms with Crippen molar-refractivity contribution in [3.05, 3.63) is 0 Å². The van der Waals surface area contributed by atoms with Crippen molar-refractivity contribution in [2.45, 2.75) is 71.5 Å². The lowest BCUT2D eigenvalue weighted by Crippen LogP contribution is -2.47. The minimum Gasteiger partial charge on any atom is -0.396 e. The Kier molecular flexibility index (Phi) is 10.5. The first-order chi connectivity index (χ1) is 13.1. The highest BCUT2D eigenvalue weighted by molar-refractivity contribution is 5.80. The predicted molar refractivity (Wildman–Crippen MR) is 110 cm³/mol. The Morgan fingerprint density at radius 3 is 2.67 bits per heavy atom. The van der Waals surface area contributed by atoms with Crippen LogP contribution in [0, 0.1) is 11.8 Å². The van der Waals surface area contributed by atoms with E-state index in [0.717, 1.165) is 77.5 Å². The number of aliphatic imine (C=N–C) groups is 1. The van der Waals surface area contributed by atoms with Gasteiger partial charge in [-0.3, -0.25) is 4.99 Å². The summed E-state index contributed by atoms with van der Waals surface area (Å²) in [6.45, 7) is 12.1. The first-order valence-electron chi connectivity index (χ1n) is 11.0. The molecular formula is C21H41N3O3. The molecular weight excluding hydrogens is 342 g/mol. The molecule has 6 heteroatoms. The van der Waals surface area contributed by atoms with Crippen molar-refractivity contribution in [3.63, 3.8) is 0 Å². The Balaban J connectivity index is 1.79. The largest absolute Gasteiger partial charge is 0.396 e. The van der Waals surface area contributed by atoms with Gasteiger partial charge in [0, 0.05) is 39.4 Å². The third kappa shape index (κ3) is 8.36. The number of rotatable bonds is 10. The number of nitrogens with one attached hydrogen (secondary N) is 1. The van der Waals surface area contributed by atoms with Crippen LogP contribution in [0.1, 0.15) is 59.3 Å². The van der Waals surface area contributed by atoms with E-state index in [9.17, 15) is 5.11 Å². The molecule has 2 atom stereocenters. The van der Waals surface area contributed by atoms with Gasteiger partial charge >= 0.3 is 0 Å². The van der Waals surface area contributed by atoms with Crippen molar-refractivity contribution in [2.75, 3.05) is 46.0 Å². The van der Waals surface area contributed by atoms with E-state index in [1.54, 1.807) is 0 Å². The Morgan fingerprint density at radius 2 is 2.07 bits per heavy atom. The number of guanidine groups is 1. The molecule has 2 heterocycles. The van der Waals surface area contributed by atoms with Crippen LogP contribution in [-0.4, -0.2) is 74.2 Å². The van der Waals surface area contributed by atoms with Gasteiger partial charge in [0.2, 0.25) is 0 Å². The summed E-state index contributed by atoms with van der Waals surface area (Å²) in [7, 11) is 0. The maximum atomic E-state index is 9.33. The Morgan fingerprint density at radius 1 is 1.30 bits per heavy atom. The molecule has 2 N–H and O–H groups in total. The van der Waals surface area contributed by atoms with Gasteiger partial charge in [0.05, 0.1) is 18.8 Å². The van der Waals surface area contributed by atoms with Gasteiger partial charge in [0.25, 0.3) is 0 Å². The maximum Gasteiger partial charge on any atom is 0.193 e. The number of piperidine rings is 1. The van der Waals surface area contributed by atoms with Crippen LogP contribution in [0.3, 0.4) is 0 Å². The zero-order valence-corrected chi connectivity index (χ0v) is 17.7. The molecule has 2 saturated heterocycles. The molecule has 0 radical (unpaired) electrons. The third-order valence-corrected chi connectivity index (χ3v) is 5.46. The predicted octanol–water partition coefficient (Wildman–Crippen LogP) is 2.66. The second-order valence-electron chi connectivity index (χ2n) is 8.36. The smallest absolute Gasteiger partial charge is 0.193 e. The van der Waals surface area contributed by atoms with Crippen LogP contribution in [0.25, 0.3) is 0 Å². The number of hydrogen-bond acceptors (Lipinski definition) is 4. The minimum atomic E-state index is 0.247. The normalized spacial score (nSPS) is 23.2. The highest BCUT2D eigenvalue weighted by Gasteiger charge is 2.24. The van der Waals surface area contributed by atoms with Crippen molar-refractivity contribution >= 4 is 5.96 Å². The fraction of sp³-hybridized carbons (Fsp3) is 0.952. The highest BCUT2D eigenvalue weighted by atomic mass is 16.5. The van der Waals surface area contributed by atoms with E-state index in [-0.39, 0.29) is 6.61 Å². The van der Waals surface area contributed by atoms with Gasteiger partial charge in [-0.15, -0.1) is 0 Å². The van der Waals surface area contributed by atoms with E-state index >= 15 is 0 Å². The Bertz CT molecular complexity index is 417. The fourth-order valence-electron chi connectivity index (χ4n) is 4.03. The SMILES string of the molecule is CCNC(=NCC(CCO)CC(C)C)N1CCC(OCC2CCCO2)CC1. The zero-order valence-electron chi connectivity index (χ0n) is 17.7. The summed E-state index contributed by atoms with van der Waals surface area (Å²) >= 11 is 0. The summed E-state index contributed by atoms with van der Waals surface area (Å²) in [5.41, 5.74) is 0. The summed E-state index contributed by atoms with van der Waals surface area (Å²) in [6.07, 6.45) is 7.00. The quantitative estimate of drug-likeness (QED) is 0.448. The molecule has 0 aromatic heterocycles. The monoisotopic (exact) mass is 383 g/mol. The van der Waals surface area contributed by atoms with Gasteiger partial charge in [-0.2, -0.15) is 0 Å². The lowest BCUT2D eigenvalue weighted by Gasteiger charge is -2.34. The minimum absolute atomic E-state index is 0.247. The molecule has 6 nitrogen and oxygen atoms in total. The number of nitrogens with zero attached hydrogens (tertiary/aromatic N) is 2. The van der Waals surface area contributed by atoms with Gasteiger partial charge in [0.15, 0.2) is 5.96 Å². The molecule has 0 spiro atoms. The van der Waals surface area contributed by atoms with E-state index in [4.69, 9.17) is 14.5 Å². The van der Waals surface area contributed by atoms with E-state index < -0.39 is 0 Å². The molecule has 2 fully saturated rings. The van der Waals surface area contributed by atoms with Crippen molar-refractivity contribution in [3.8, 4) is 0 Å².